The van der Waals surface area contributed by atoms with E-state index in [4.69, 9.17) is 14.6 Å². The maximum absolute atomic E-state index is 12.7. The molecular weight excluding hydrogens is 534 g/mol. The fraction of sp³-hybridized carbons (Fsp3) is 0.280. The molecule has 2 atom stereocenters. The molecule has 0 aromatic heterocycles. The Balaban J connectivity index is 0.000000771. The van der Waals surface area contributed by atoms with Gasteiger partial charge in [0.25, 0.3) is 17.5 Å². The standard InChI is InChI=1S/C22H19N3O8S.C3H6O2/c26-16-12-34-21-18(23-17(27)11-32-15-4-2-1-3-5-15)20(28)24(21)19(16)22(29)33-10-13-6-8-14(9-7-13)25(30)31;1-2-3(4)5/h1-9,18,21,26H,10-12H2,(H,23,27);2H2,1H3,(H,4,5)/t18?,21-;/m0./s1. The molecule has 1 saturated heterocycles. The molecule has 206 valence electrons. The Morgan fingerprint density at radius 1 is 1.15 bits per heavy atom. The van der Waals surface area contributed by atoms with Crippen LogP contribution in [0.5, 0.6) is 5.75 Å². The Morgan fingerprint density at radius 3 is 2.38 bits per heavy atom. The maximum atomic E-state index is 12.7. The summed E-state index contributed by atoms with van der Waals surface area (Å²) in [5.41, 5.74) is 0.122. The number of aliphatic hydroxyl groups is 1. The molecule has 2 heterocycles. The number of nitrogens with one attached hydrogen (secondary N) is 1. The third kappa shape index (κ3) is 7.47. The molecule has 39 heavy (non-hydrogen) atoms. The van der Waals surface area contributed by atoms with Crippen LogP contribution in [-0.4, -0.2) is 67.6 Å². The van der Waals surface area contributed by atoms with Crippen LogP contribution in [0, 0.1) is 10.1 Å². The molecule has 0 spiro atoms. The second kappa shape index (κ2) is 13.3. The molecule has 2 aromatic carbocycles. The number of carboxylic acids is 1. The van der Waals surface area contributed by atoms with Gasteiger partial charge in [-0.1, -0.05) is 25.1 Å². The summed E-state index contributed by atoms with van der Waals surface area (Å²) in [5.74, 6) is -2.44. The first-order valence-corrected chi connectivity index (χ1v) is 12.6. The number of non-ortho nitro benzene ring substituents is 1. The zero-order valence-corrected chi connectivity index (χ0v) is 21.5. The number of aliphatic carboxylic acids is 1. The Bertz CT molecular complexity index is 1270. The van der Waals surface area contributed by atoms with Crippen LogP contribution < -0.4 is 10.1 Å². The minimum atomic E-state index is -0.910. The number of para-hydroxylation sites is 1. The first-order valence-electron chi connectivity index (χ1n) is 11.6. The van der Waals surface area contributed by atoms with Gasteiger partial charge in [-0.25, -0.2) is 4.79 Å². The topological polar surface area (TPSA) is 186 Å². The number of fused-ring (bicyclic) bond motifs is 1. The van der Waals surface area contributed by atoms with Gasteiger partial charge in [0.2, 0.25) is 0 Å². The predicted molar refractivity (Wildman–Crippen MR) is 137 cm³/mol. The van der Waals surface area contributed by atoms with Crippen molar-refractivity contribution in [3.63, 3.8) is 0 Å². The minimum absolute atomic E-state index is 0.0588. The number of β-lactam (4-membered cyclic amide) rings is 1. The van der Waals surface area contributed by atoms with Gasteiger partial charge >= 0.3 is 11.9 Å². The van der Waals surface area contributed by atoms with Crippen LogP contribution >= 0.6 is 11.8 Å². The van der Waals surface area contributed by atoms with Crippen molar-refractivity contribution >= 4 is 41.2 Å². The lowest BCUT2D eigenvalue weighted by molar-refractivity contribution is -0.384. The number of carbonyl (C=O) groups excluding carboxylic acids is 3. The molecule has 2 amide bonds. The van der Waals surface area contributed by atoms with E-state index in [9.17, 15) is 34.4 Å². The summed E-state index contributed by atoms with van der Waals surface area (Å²) in [7, 11) is 0. The van der Waals surface area contributed by atoms with Crippen LogP contribution in [0.4, 0.5) is 5.69 Å². The largest absolute Gasteiger partial charge is 0.509 e. The van der Waals surface area contributed by atoms with E-state index in [2.05, 4.69) is 5.32 Å². The first-order chi connectivity index (χ1) is 18.6. The quantitative estimate of drug-likeness (QED) is 0.177. The monoisotopic (exact) mass is 559 g/mol. The van der Waals surface area contributed by atoms with Crippen molar-refractivity contribution in [2.24, 2.45) is 0 Å². The second-order valence-electron chi connectivity index (χ2n) is 8.10. The Kier molecular flexibility index (Phi) is 9.86. The van der Waals surface area contributed by atoms with Gasteiger partial charge in [-0.15, -0.1) is 11.8 Å². The molecular formula is C25H25N3O10S. The number of carboxylic acid groups (broad SMARTS) is 1. The molecule has 0 aliphatic carbocycles. The highest BCUT2D eigenvalue weighted by Crippen LogP contribution is 2.40. The van der Waals surface area contributed by atoms with Crippen molar-refractivity contribution in [1.82, 2.24) is 10.2 Å². The number of benzene rings is 2. The highest BCUT2D eigenvalue weighted by Gasteiger charge is 2.54. The summed E-state index contributed by atoms with van der Waals surface area (Å²) in [6.07, 6.45) is 0.222. The van der Waals surface area contributed by atoms with Crippen molar-refractivity contribution in [2.75, 3.05) is 12.4 Å². The summed E-state index contributed by atoms with van der Waals surface area (Å²) >= 11 is 1.20. The summed E-state index contributed by atoms with van der Waals surface area (Å²) in [5, 5.41) is 30.7. The van der Waals surface area contributed by atoms with Crippen LogP contribution in [0.1, 0.15) is 18.9 Å². The molecule has 14 heteroatoms. The van der Waals surface area contributed by atoms with E-state index in [1.54, 1.807) is 31.2 Å². The molecule has 1 fully saturated rings. The molecule has 13 nitrogen and oxygen atoms in total. The number of aliphatic hydroxyl groups excluding tert-OH is 1. The lowest BCUT2D eigenvalue weighted by atomic mass is 10.0. The van der Waals surface area contributed by atoms with E-state index >= 15 is 0 Å². The van der Waals surface area contributed by atoms with Gasteiger partial charge in [-0.05, 0) is 29.8 Å². The number of thioether (sulfide) groups is 1. The van der Waals surface area contributed by atoms with E-state index in [-0.39, 0.29) is 42.5 Å². The molecule has 1 unspecified atom stereocenters. The highest BCUT2D eigenvalue weighted by atomic mass is 32.2. The van der Waals surface area contributed by atoms with Crippen LogP contribution in [0.25, 0.3) is 0 Å². The van der Waals surface area contributed by atoms with Gasteiger partial charge in [0.1, 0.15) is 29.5 Å². The lowest BCUT2D eigenvalue weighted by Crippen LogP contribution is -2.70. The molecule has 0 radical (unpaired) electrons. The van der Waals surface area contributed by atoms with Gasteiger partial charge in [-0.2, -0.15) is 0 Å². The number of carbonyl (C=O) groups is 4. The number of nitro groups is 1. The smallest absolute Gasteiger partial charge is 0.358 e. The number of esters is 1. The first kappa shape index (κ1) is 29.0. The predicted octanol–water partition coefficient (Wildman–Crippen LogP) is 2.37. The van der Waals surface area contributed by atoms with Crippen LogP contribution in [-0.2, 0) is 30.5 Å². The van der Waals surface area contributed by atoms with Gasteiger partial charge in [0, 0.05) is 18.6 Å². The molecule has 3 N–H and O–H groups in total. The fourth-order valence-corrected chi connectivity index (χ4v) is 4.61. The average molecular weight is 560 g/mol. The molecule has 0 saturated carbocycles. The Morgan fingerprint density at radius 2 is 1.79 bits per heavy atom. The van der Waals surface area contributed by atoms with Crippen LogP contribution in [0.15, 0.2) is 66.1 Å². The molecule has 0 bridgehead atoms. The number of nitro benzene ring substituents is 1. The third-order valence-electron chi connectivity index (χ3n) is 5.39. The molecule has 4 rings (SSSR count). The molecule has 2 aliphatic heterocycles. The number of nitrogens with zero attached hydrogens (tertiary/aromatic N) is 2. The normalized spacial score (nSPS) is 17.6. The summed E-state index contributed by atoms with van der Waals surface area (Å²) in [6.45, 7) is 1.11. The van der Waals surface area contributed by atoms with Crippen molar-refractivity contribution in [3.05, 3.63) is 81.7 Å². The molecule has 2 aromatic rings. The fourth-order valence-electron chi connectivity index (χ4n) is 3.41. The number of hydrogen-bond donors (Lipinski definition) is 3. The Hall–Kier alpha value is -4.59. The summed E-state index contributed by atoms with van der Waals surface area (Å²) in [6, 6.07) is 13.3. The lowest BCUT2D eigenvalue weighted by Gasteiger charge is -2.48. The zero-order valence-electron chi connectivity index (χ0n) is 20.6. The van der Waals surface area contributed by atoms with Crippen molar-refractivity contribution < 1.29 is 43.8 Å². The number of rotatable bonds is 9. The van der Waals surface area contributed by atoms with Gasteiger partial charge < -0.3 is 25.0 Å². The van der Waals surface area contributed by atoms with Crippen LogP contribution in [0.2, 0.25) is 0 Å². The molecule has 2 aliphatic rings. The van der Waals surface area contributed by atoms with E-state index in [1.165, 1.54) is 36.0 Å². The number of hydrogen-bond acceptors (Lipinski definition) is 10. The summed E-state index contributed by atoms with van der Waals surface area (Å²) in [4.78, 5) is 58.2. The maximum Gasteiger partial charge on any atom is 0.358 e. The second-order valence-corrected chi connectivity index (χ2v) is 9.20. The van der Waals surface area contributed by atoms with E-state index in [1.807, 2.05) is 6.07 Å². The highest BCUT2D eigenvalue weighted by molar-refractivity contribution is 8.00. The van der Waals surface area contributed by atoms with Gasteiger partial charge in [0.15, 0.2) is 12.3 Å². The SMILES string of the molecule is CCC(=O)O.O=C(COc1ccccc1)NC1C(=O)N2C(C(=O)OCc3ccc([N+](=O)[O-])cc3)=C(O)CS[C@@H]12. The van der Waals surface area contributed by atoms with Crippen molar-refractivity contribution in [2.45, 2.75) is 31.4 Å². The number of amides is 2. The minimum Gasteiger partial charge on any atom is -0.509 e. The van der Waals surface area contributed by atoms with Crippen molar-refractivity contribution in [3.8, 4) is 5.75 Å². The average Bonchev–Trinajstić information content (AvgIpc) is 2.94. The van der Waals surface area contributed by atoms with Gasteiger partial charge in [0.05, 0.1) is 10.7 Å². The van der Waals surface area contributed by atoms with E-state index < -0.39 is 40.1 Å². The summed E-state index contributed by atoms with van der Waals surface area (Å²) < 4.78 is 10.6. The van der Waals surface area contributed by atoms with Crippen LogP contribution in [0.3, 0.4) is 0 Å². The van der Waals surface area contributed by atoms with E-state index in [0.717, 1.165) is 4.90 Å². The van der Waals surface area contributed by atoms with Gasteiger partial charge in [-0.3, -0.25) is 29.4 Å². The Labute approximate surface area is 226 Å². The van der Waals surface area contributed by atoms with Crippen molar-refractivity contribution in [1.29, 1.82) is 0 Å². The third-order valence-corrected chi connectivity index (χ3v) is 6.66. The number of ether oxygens (including phenoxy) is 2. The van der Waals surface area contributed by atoms with E-state index in [0.29, 0.717) is 11.3 Å². The zero-order chi connectivity index (χ0) is 28.5.